The molecule has 3 unspecified atom stereocenters. The van der Waals surface area contributed by atoms with E-state index < -0.39 is 15.4 Å². The van der Waals surface area contributed by atoms with Gasteiger partial charge in [0.2, 0.25) is 10.0 Å². The standard InChI is InChI=1S/C22H28N4O3S/c1-21(2)17-8-10-22(21,20(27)12-17)15-30(28,29)25-11-9-18(13-25)26-14-19(23-24-26)16-6-4-3-5-7-16/h3-7,14,17-18H,8-13,15H2,1-2H3. The molecule has 1 aromatic carbocycles. The zero-order chi connectivity index (χ0) is 21.1. The zero-order valence-corrected chi connectivity index (χ0v) is 18.3. The minimum atomic E-state index is -3.53. The highest BCUT2D eigenvalue weighted by atomic mass is 32.2. The minimum Gasteiger partial charge on any atom is -0.299 e. The minimum absolute atomic E-state index is 0.0362. The van der Waals surface area contributed by atoms with Gasteiger partial charge in [-0.3, -0.25) is 4.79 Å². The molecule has 1 aromatic heterocycles. The number of benzene rings is 1. The van der Waals surface area contributed by atoms with Crippen LogP contribution in [0.1, 0.15) is 45.6 Å². The van der Waals surface area contributed by atoms with Gasteiger partial charge in [0.15, 0.2) is 0 Å². The molecule has 0 amide bonds. The van der Waals surface area contributed by atoms with Crippen LogP contribution in [0.15, 0.2) is 36.5 Å². The molecule has 30 heavy (non-hydrogen) atoms. The van der Waals surface area contributed by atoms with E-state index in [9.17, 15) is 13.2 Å². The molecule has 1 aliphatic heterocycles. The van der Waals surface area contributed by atoms with E-state index in [0.717, 1.165) is 17.7 Å². The van der Waals surface area contributed by atoms with Crippen LogP contribution in [0.3, 0.4) is 0 Å². The fraction of sp³-hybridized carbons (Fsp3) is 0.591. The van der Waals surface area contributed by atoms with Crippen molar-refractivity contribution in [2.24, 2.45) is 16.7 Å². The van der Waals surface area contributed by atoms with E-state index in [-0.39, 0.29) is 23.0 Å². The number of carbonyl (C=O) groups excluding carboxylic acids is 1. The van der Waals surface area contributed by atoms with Crippen molar-refractivity contribution in [2.45, 2.75) is 45.6 Å². The van der Waals surface area contributed by atoms with E-state index in [2.05, 4.69) is 24.2 Å². The second-order valence-electron chi connectivity index (χ2n) is 9.67. The maximum absolute atomic E-state index is 13.3. The second kappa shape index (κ2) is 6.72. The molecule has 0 N–H and O–H groups in total. The van der Waals surface area contributed by atoms with Crippen molar-refractivity contribution in [2.75, 3.05) is 18.8 Å². The molecule has 2 aromatic rings. The molecule has 3 atom stereocenters. The Morgan fingerprint density at radius 1 is 1.17 bits per heavy atom. The van der Waals surface area contributed by atoms with Crippen molar-refractivity contribution in [3.63, 3.8) is 0 Å². The number of Topliss-reactive ketones (excluding diaryl/α,β-unsaturated/α-hetero) is 1. The first kappa shape index (κ1) is 19.9. The van der Waals surface area contributed by atoms with E-state index in [1.807, 2.05) is 36.5 Å². The lowest BCUT2D eigenvalue weighted by molar-refractivity contribution is -0.128. The summed E-state index contributed by atoms with van der Waals surface area (Å²) in [6, 6.07) is 9.79. The van der Waals surface area contributed by atoms with Crippen molar-refractivity contribution in [1.82, 2.24) is 19.3 Å². The van der Waals surface area contributed by atoms with Crippen LogP contribution in [0.5, 0.6) is 0 Å². The number of hydrogen-bond donors (Lipinski definition) is 0. The molecule has 8 heteroatoms. The van der Waals surface area contributed by atoms with Gasteiger partial charge in [0.05, 0.1) is 18.0 Å². The van der Waals surface area contributed by atoms with Gasteiger partial charge in [-0.05, 0) is 30.6 Å². The molecule has 3 aliphatic rings. The van der Waals surface area contributed by atoms with Gasteiger partial charge in [-0.1, -0.05) is 49.4 Å². The molecule has 2 heterocycles. The predicted octanol–water partition coefficient (Wildman–Crippen LogP) is 2.92. The summed E-state index contributed by atoms with van der Waals surface area (Å²) in [7, 11) is -3.53. The van der Waals surface area contributed by atoms with E-state index in [1.54, 1.807) is 8.99 Å². The molecular weight excluding hydrogens is 400 g/mol. The number of rotatable bonds is 5. The molecular formula is C22H28N4O3S. The van der Waals surface area contributed by atoms with Crippen LogP contribution in [0, 0.1) is 16.7 Å². The van der Waals surface area contributed by atoms with Crippen LogP contribution in [0.4, 0.5) is 0 Å². The normalized spacial score (nSPS) is 30.9. The highest BCUT2D eigenvalue weighted by Gasteiger charge is 2.65. The average Bonchev–Trinajstić information content (AvgIpc) is 3.46. The highest BCUT2D eigenvalue weighted by Crippen LogP contribution is 2.64. The summed E-state index contributed by atoms with van der Waals surface area (Å²) in [5, 5.41) is 8.52. The molecule has 2 bridgehead atoms. The fourth-order valence-corrected chi connectivity index (χ4v) is 8.15. The van der Waals surface area contributed by atoms with Crippen LogP contribution in [0.25, 0.3) is 11.3 Å². The van der Waals surface area contributed by atoms with Crippen LogP contribution in [-0.4, -0.2) is 52.3 Å². The molecule has 3 fully saturated rings. The smallest absolute Gasteiger partial charge is 0.215 e. The lowest BCUT2D eigenvalue weighted by Crippen LogP contribution is -2.46. The molecule has 160 valence electrons. The zero-order valence-electron chi connectivity index (χ0n) is 17.5. The Labute approximate surface area is 177 Å². The maximum atomic E-state index is 13.3. The van der Waals surface area contributed by atoms with Crippen molar-refractivity contribution >= 4 is 15.8 Å². The van der Waals surface area contributed by atoms with Crippen LogP contribution in [0.2, 0.25) is 0 Å². The van der Waals surface area contributed by atoms with E-state index in [4.69, 9.17) is 0 Å². The van der Waals surface area contributed by atoms with Crippen molar-refractivity contribution in [3.8, 4) is 11.3 Å². The lowest BCUT2D eigenvalue weighted by atomic mass is 9.70. The first-order chi connectivity index (χ1) is 14.2. The quantitative estimate of drug-likeness (QED) is 0.731. The third-order valence-electron chi connectivity index (χ3n) is 8.04. The van der Waals surface area contributed by atoms with Gasteiger partial charge in [0.25, 0.3) is 0 Å². The van der Waals surface area contributed by atoms with Crippen LogP contribution >= 0.6 is 0 Å². The number of carbonyl (C=O) groups is 1. The summed E-state index contributed by atoms with van der Waals surface area (Å²) in [6.45, 7) is 5.01. The summed E-state index contributed by atoms with van der Waals surface area (Å²) >= 11 is 0. The van der Waals surface area contributed by atoms with E-state index in [0.29, 0.717) is 38.3 Å². The second-order valence-corrected chi connectivity index (χ2v) is 11.6. The molecule has 2 aliphatic carbocycles. The molecule has 7 nitrogen and oxygen atoms in total. The summed E-state index contributed by atoms with van der Waals surface area (Å²) < 4.78 is 30.0. The predicted molar refractivity (Wildman–Crippen MR) is 113 cm³/mol. The van der Waals surface area contributed by atoms with Gasteiger partial charge in [-0.2, -0.15) is 4.31 Å². The Kier molecular flexibility index (Phi) is 4.45. The highest BCUT2D eigenvalue weighted by molar-refractivity contribution is 7.89. The van der Waals surface area contributed by atoms with Gasteiger partial charge in [-0.25, -0.2) is 13.1 Å². The molecule has 0 radical (unpaired) electrons. The lowest BCUT2D eigenvalue weighted by Gasteiger charge is -2.37. The number of fused-ring (bicyclic) bond motifs is 2. The Morgan fingerprint density at radius 2 is 1.93 bits per heavy atom. The van der Waals surface area contributed by atoms with Gasteiger partial charge < -0.3 is 0 Å². The number of aromatic nitrogens is 3. The molecule has 5 rings (SSSR count). The van der Waals surface area contributed by atoms with E-state index in [1.165, 1.54) is 0 Å². The molecule has 0 spiro atoms. The Bertz CT molecular complexity index is 1080. The van der Waals surface area contributed by atoms with Gasteiger partial charge in [0, 0.05) is 30.5 Å². The summed E-state index contributed by atoms with van der Waals surface area (Å²) in [5.41, 5.74) is 0.809. The first-order valence-electron chi connectivity index (χ1n) is 10.7. The van der Waals surface area contributed by atoms with Crippen molar-refractivity contribution < 1.29 is 13.2 Å². The van der Waals surface area contributed by atoms with Gasteiger partial charge in [-0.15, -0.1) is 5.10 Å². The molecule has 1 saturated heterocycles. The fourth-order valence-electron chi connectivity index (χ4n) is 5.89. The summed E-state index contributed by atoms with van der Waals surface area (Å²) in [6.07, 6.45) is 4.78. The first-order valence-corrected chi connectivity index (χ1v) is 12.3. The van der Waals surface area contributed by atoms with Crippen molar-refractivity contribution in [1.29, 1.82) is 0 Å². The SMILES string of the molecule is CC1(C)C2CCC1(CS(=O)(=O)N1CCC(n3cc(-c4ccccc4)nn3)C1)C(=O)C2. The topological polar surface area (TPSA) is 85.2 Å². The third-order valence-corrected chi connectivity index (χ3v) is 10.0. The Hall–Kier alpha value is -2.06. The van der Waals surface area contributed by atoms with Crippen LogP contribution < -0.4 is 0 Å². The van der Waals surface area contributed by atoms with Crippen molar-refractivity contribution in [3.05, 3.63) is 36.5 Å². The van der Waals surface area contributed by atoms with Crippen LogP contribution in [-0.2, 0) is 14.8 Å². The number of nitrogens with zero attached hydrogens (tertiary/aromatic N) is 4. The Morgan fingerprint density at radius 3 is 2.60 bits per heavy atom. The monoisotopic (exact) mass is 428 g/mol. The number of ketones is 1. The molecule has 2 saturated carbocycles. The van der Waals surface area contributed by atoms with Gasteiger partial charge >= 0.3 is 0 Å². The van der Waals surface area contributed by atoms with Gasteiger partial charge in [0.1, 0.15) is 11.5 Å². The number of hydrogen-bond acceptors (Lipinski definition) is 5. The average molecular weight is 429 g/mol. The number of sulfonamides is 1. The maximum Gasteiger partial charge on any atom is 0.215 e. The largest absolute Gasteiger partial charge is 0.299 e. The Balaban J connectivity index is 1.32. The van der Waals surface area contributed by atoms with E-state index >= 15 is 0 Å². The third kappa shape index (κ3) is 2.87. The summed E-state index contributed by atoms with van der Waals surface area (Å²) in [5.74, 6) is 0.409. The summed E-state index contributed by atoms with van der Waals surface area (Å²) in [4.78, 5) is 12.8.